The Hall–Kier alpha value is -1.22. The second-order valence-electron chi connectivity index (χ2n) is 4.27. The molecule has 0 saturated carbocycles. The summed E-state index contributed by atoms with van der Waals surface area (Å²) in [5.74, 6) is -1.25. The van der Waals surface area contributed by atoms with Crippen LogP contribution in [-0.4, -0.2) is 19.5 Å². The Bertz CT molecular complexity index is 756. The van der Waals surface area contributed by atoms with E-state index < -0.39 is 22.0 Å². The normalized spacial score (nSPS) is 13.0. The second-order valence-corrected chi connectivity index (χ2v) is 8.59. The number of hydrogen-bond donors (Lipinski definition) is 2. The monoisotopic (exact) mass is 389 g/mol. The second kappa shape index (κ2) is 6.27. The molecule has 0 fully saturated rings. The third kappa shape index (κ3) is 3.70. The molecule has 1 heterocycles. The highest BCUT2D eigenvalue weighted by Gasteiger charge is 2.28. The van der Waals surface area contributed by atoms with E-state index in [4.69, 9.17) is 0 Å². The van der Waals surface area contributed by atoms with Gasteiger partial charge < -0.3 is 5.11 Å². The maximum atomic E-state index is 12.4. The lowest BCUT2D eigenvalue weighted by atomic mass is 10.1. The average Bonchev–Trinajstić information content (AvgIpc) is 2.77. The first-order valence-corrected chi connectivity index (χ1v) is 8.96. The van der Waals surface area contributed by atoms with E-state index in [0.29, 0.717) is 14.2 Å². The molecule has 0 amide bonds. The molecule has 0 saturated heterocycles. The van der Waals surface area contributed by atoms with Crippen molar-refractivity contribution in [1.29, 1.82) is 0 Å². The highest BCUT2D eigenvalue weighted by Crippen LogP contribution is 2.30. The summed E-state index contributed by atoms with van der Waals surface area (Å²) in [6.45, 7) is 1.67. The molecule has 0 aliphatic carbocycles. The Morgan fingerprint density at radius 3 is 2.43 bits per heavy atom. The number of thiophene rings is 1. The Labute approximate surface area is 134 Å². The number of hydrogen-bond acceptors (Lipinski definition) is 4. The maximum absolute atomic E-state index is 12.4. The number of halogens is 1. The van der Waals surface area contributed by atoms with Crippen molar-refractivity contribution in [3.63, 3.8) is 0 Å². The first-order chi connectivity index (χ1) is 9.81. The molecular weight excluding hydrogens is 378 g/mol. The molecule has 8 heteroatoms. The van der Waals surface area contributed by atoms with Crippen LogP contribution >= 0.6 is 27.3 Å². The van der Waals surface area contributed by atoms with Crippen molar-refractivity contribution in [3.8, 4) is 0 Å². The lowest BCUT2D eigenvalue weighted by Crippen LogP contribution is -2.33. The van der Waals surface area contributed by atoms with Crippen LogP contribution < -0.4 is 4.72 Å². The number of benzene rings is 1. The number of sulfonamides is 1. The highest BCUT2D eigenvalue weighted by molar-refractivity contribution is 9.11. The van der Waals surface area contributed by atoms with Gasteiger partial charge in [0.1, 0.15) is 6.04 Å². The van der Waals surface area contributed by atoms with Crippen molar-refractivity contribution in [2.45, 2.75) is 17.9 Å². The molecule has 2 N–H and O–H groups in total. The fourth-order valence-corrected chi connectivity index (χ4v) is 5.41. The predicted octanol–water partition coefficient (Wildman–Crippen LogP) is 2.92. The minimum Gasteiger partial charge on any atom is -0.480 e. The molecule has 1 aromatic heterocycles. The number of rotatable bonds is 5. The minimum absolute atomic E-state index is 0.0848. The first kappa shape index (κ1) is 16.2. The zero-order chi connectivity index (χ0) is 15.6. The van der Waals surface area contributed by atoms with Crippen molar-refractivity contribution in [2.24, 2.45) is 0 Å². The standard InChI is InChI=1S/C13H12BrNO4S2/c1-8-10(7-11(14)20-8)21(18,19)15-12(13(16)17)9-5-3-2-4-6-9/h2-7,12,15H,1H3,(H,16,17). The molecule has 21 heavy (non-hydrogen) atoms. The van der Waals surface area contributed by atoms with Crippen LogP contribution in [0.5, 0.6) is 0 Å². The molecule has 2 rings (SSSR count). The molecule has 0 aliphatic rings. The van der Waals surface area contributed by atoms with Crippen LogP contribution in [0.4, 0.5) is 0 Å². The number of aryl methyl sites for hydroxylation is 1. The summed E-state index contributed by atoms with van der Waals surface area (Å²) in [4.78, 5) is 12.0. The largest absolute Gasteiger partial charge is 0.480 e. The van der Waals surface area contributed by atoms with E-state index in [0.717, 1.165) is 0 Å². The van der Waals surface area contributed by atoms with Gasteiger partial charge in [0.05, 0.1) is 8.68 Å². The lowest BCUT2D eigenvalue weighted by molar-refractivity contribution is -0.139. The quantitative estimate of drug-likeness (QED) is 0.823. The molecular formula is C13H12BrNO4S2. The summed E-state index contributed by atoms with van der Waals surface area (Å²) >= 11 is 4.50. The molecule has 112 valence electrons. The van der Waals surface area contributed by atoms with Gasteiger partial charge in [0.25, 0.3) is 0 Å². The van der Waals surface area contributed by atoms with E-state index in [2.05, 4.69) is 20.7 Å². The number of carboxylic acids is 1. The van der Waals surface area contributed by atoms with Gasteiger partial charge in [-0.05, 0) is 34.5 Å². The fraction of sp³-hybridized carbons (Fsp3) is 0.154. The molecule has 1 atom stereocenters. The number of carbonyl (C=O) groups is 1. The lowest BCUT2D eigenvalue weighted by Gasteiger charge is -2.15. The van der Waals surface area contributed by atoms with Gasteiger partial charge in [-0.25, -0.2) is 8.42 Å². The highest BCUT2D eigenvalue weighted by atomic mass is 79.9. The van der Waals surface area contributed by atoms with Gasteiger partial charge in [0.2, 0.25) is 10.0 Å². The van der Waals surface area contributed by atoms with Crippen molar-refractivity contribution in [2.75, 3.05) is 0 Å². The molecule has 0 radical (unpaired) electrons. The smallest absolute Gasteiger partial charge is 0.326 e. The SMILES string of the molecule is Cc1sc(Br)cc1S(=O)(=O)NC(C(=O)O)c1ccccc1. The van der Waals surface area contributed by atoms with Crippen LogP contribution in [-0.2, 0) is 14.8 Å². The van der Waals surface area contributed by atoms with Gasteiger partial charge >= 0.3 is 5.97 Å². The molecule has 2 aromatic rings. The van der Waals surface area contributed by atoms with Gasteiger partial charge in [-0.2, -0.15) is 4.72 Å². The van der Waals surface area contributed by atoms with Gasteiger partial charge in [-0.15, -0.1) is 11.3 Å². The third-order valence-electron chi connectivity index (χ3n) is 2.78. The topological polar surface area (TPSA) is 83.5 Å². The predicted molar refractivity (Wildman–Crippen MR) is 83.9 cm³/mol. The van der Waals surface area contributed by atoms with Gasteiger partial charge in [0, 0.05) is 4.88 Å². The molecule has 1 aromatic carbocycles. The molecule has 0 aliphatic heterocycles. The Balaban J connectivity index is 2.37. The Morgan fingerprint density at radius 1 is 1.33 bits per heavy atom. The van der Waals surface area contributed by atoms with Gasteiger partial charge in [0.15, 0.2) is 0 Å². The Morgan fingerprint density at radius 2 is 1.95 bits per heavy atom. The summed E-state index contributed by atoms with van der Waals surface area (Å²) in [5.41, 5.74) is 0.375. The third-order valence-corrected chi connectivity index (χ3v) is 6.02. The average molecular weight is 390 g/mol. The van der Waals surface area contributed by atoms with Crippen molar-refractivity contribution in [1.82, 2.24) is 4.72 Å². The summed E-state index contributed by atoms with van der Waals surface area (Å²) in [6, 6.07) is 8.32. The summed E-state index contributed by atoms with van der Waals surface area (Å²) < 4.78 is 27.6. The number of carboxylic acid groups (broad SMARTS) is 1. The van der Waals surface area contributed by atoms with Crippen LogP contribution in [0.1, 0.15) is 16.5 Å². The van der Waals surface area contributed by atoms with Crippen molar-refractivity contribution in [3.05, 3.63) is 50.6 Å². The Kier molecular flexibility index (Phi) is 4.82. The van der Waals surface area contributed by atoms with E-state index in [1.165, 1.54) is 17.4 Å². The minimum atomic E-state index is -3.91. The maximum Gasteiger partial charge on any atom is 0.326 e. The van der Waals surface area contributed by atoms with Crippen LogP contribution in [0.3, 0.4) is 0 Å². The molecule has 0 bridgehead atoms. The first-order valence-electron chi connectivity index (χ1n) is 5.87. The molecule has 0 spiro atoms. The summed E-state index contributed by atoms with van der Waals surface area (Å²) in [6.07, 6.45) is 0. The van der Waals surface area contributed by atoms with Crippen LogP contribution in [0.15, 0.2) is 45.1 Å². The molecule has 1 unspecified atom stereocenters. The van der Waals surface area contributed by atoms with E-state index in [-0.39, 0.29) is 4.90 Å². The van der Waals surface area contributed by atoms with Crippen molar-refractivity contribution < 1.29 is 18.3 Å². The summed E-state index contributed by atoms with van der Waals surface area (Å²) in [5, 5.41) is 9.28. The number of aliphatic carboxylic acids is 1. The van der Waals surface area contributed by atoms with Crippen LogP contribution in [0.25, 0.3) is 0 Å². The van der Waals surface area contributed by atoms with E-state index in [1.807, 2.05) is 0 Å². The van der Waals surface area contributed by atoms with Crippen LogP contribution in [0, 0.1) is 6.92 Å². The van der Waals surface area contributed by atoms with Crippen LogP contribution in [0.2, 0.25) is 0 Å². The fourth-order valence-electron chi connectivity index (χ4n) is 1.82. The molecule has 5 nitrogen and oxygen atoms in total. The summed E-state index contributed by atoms with van der Waals surface area (Å²) in [7, 11) is -3.91. The van der Waals surface area contributed by atoms with E-state index >= 15 is 0 Å². The van der Waals surface area contributed by atoms with E-state index in [1.54, 1.807) is 37.3 Å². The zero-order valence-corrected chi connectivity index (χ0v) is 14.1. The number of nitrogens with one attached hydrogen (secondary N) is 1. The van der Waals surface area contributed by atoms with E-state index in [9.17, 15) is 18.3 Å². The zero-order valence-electron chi connectivity index (χ0n) is 10.9. The van der Waals surface area contributed by atoms with Gasteiger partial charge in [-0.3, -0.25) is 4.79 Å². The van der Waals surface area contributed by atoms with Crippen molar-refractivity contribution >= 4 is 43.3 Å². The van der Waals surface area contributed by atoms with Gasteiger partial charge in [-0.1, -0.05) is 30.3 Å².